The Labute approximate surface area is 93.5 Å². The third-order valence-corrected chi connectivity index (χ3v) is 2.52. The SMILES string of the molecule is O=Cc1cnc(-c2ccc(F)c(Br)c2)[nH]1. The summed E-state index contributed by atoms with van der Waals surface area (Å²) in [5.74, 6) is 0.207. The number of hydrogen-bond acceptors (Lipinski definition) is 2. The molecule has 3 nitrogen and oxygen atoms in total. The van der Waals surface area contributed by atoms with Crippen molar-refractivity contribution in [3.05, 3.63) is 40.4 Å². The lowest BCUT2D eigenvalue weighted by Gasteiger charge is -1.98. The summed E-state index contributed by atoms with van der Waals surface area (Å²) in [7, 11) is 0. The van der Waals surface area contributed by atoms with E-state index in [2.05, 4.69) is 25.9 Å². The molecule has 0 saturated heterocycles. The summed E-state index contributed by atoms with van der Waals surface area (Å²) < 4.78 is 13.3. The van der Waals surface area contributed by atoms with Crippen LogP contribution in [0, 0.1) is 5.82 Å². The van der Waals surface area contributed by atoms with Gasteiger partial charge in [-0.25, -0.2) is 9.37 Å². The van der Waals surface area contributed by atoms with Gasteiger partial charge < -0.3 is 4.98 Å². The Hall–Kier alpha value is -1.49. The quantitative estimate of drug-likeness (QED) is 0.852. The van der Waals surface area contributed by atoms with Crippen LogP contribution < -0.4 is 0 Å². The molecule has 0 aliphatic rings. The predicted molar refractivity (Wildman–Crippen MR) is 57.1 cm³/mol. The standard InChI is InChI=1S/C10H6BrFN2O/c11-8-3-6(1-2-9(8)12)10-13-4-7(5-15)14-10/h1-5H,(H,13,14). The van der Waals surface area contributed by atoms with Gasteiger partial charge >= 0.3 is 0 Å². The lowest BCUT2D eigenvalue weighted by molar-refractivity contribution is 0.111. The number of halogens is 2. The number of aromatic amines is 1. The van der Waals surface area contributed by atoms with Gasteiger partial charge in [-0.3, -0.25) is 4.79 Å². The molecule has 0 aliphatic heterocycles. The molecule has 1 aromatic carbocycles. The topological polar surface area (TPSA) is 45.8 Å². The Morgan fingerprint density at radius 3 is 2.87 bits per heavy atom. The molecule has 5 heteroatoms. The lowest BCUT2D eigenvalue weighted by atomic mass is 10.2. The second-order valence-corrected chi connectivity index (χ2v) is 3.79. The fraction of sp³-hybridized carbons (Fsp3) is 0. The van der Waals surface area contributed by atoms with Gasteiger partial charge in [-0.1, -0.05) is 0 Å². The summed E-state index contributed by atoms with van der Waals surface area (Å²) in [6.45, 7) is 0. The first-order chi connectivity index (χ1) is 7.20. The van der Waals surface area contributed by atoms with Gasteiger partial charge in [0.1, 0.15) is 11.6 Å². The molecule has 0 fully saturated rings. The smallest absolute Gasteiger partial charge is 0.167 e. The molecule has 0 amide bonds. The number of imidazole rings is 1. The van der Waals surface area contributed by atoms with Crippen LogP contribution in [-0.4, -0.2) is 16.3 Å². The zero-order valence-corrected chi connectivity index (χ0v) is 9.08. The van der Waals surface area contributed by atoms with E-state index in [1.165, 1.54) is 12.3 Å². The molecule has 0 atom stereocenters. The molecule has 1 N–H and O–H groups in total. The molecule has 0 spiro atoms. The van der Waals surface area contributed by atoms with Crippen molar-refractivity contribution in [3.8, 4) is 11.4 Å². The van der Waals surface area contributed by atoms with Gasteiger partial charge in [-0.05, 0) is 34.1 Å². The van der Waals surface area contributed by atoms with E-state index in [9.17, 15) is 9.18 Å². The summed E-state index contributed by atoms with van der Waals surface area (Å²) in [6.07, 6.45) is 2.11. The van der Waals surface area contributed by atoms with Crippen molar-refractivity contribution in [2.45, 2.75) is 0 Å². The maximum Gasteiger partial charge on any atom is 0.167 e. The Morgan fingerprint density at radius 2 is 2.27 bits per heavy atom. The Balaban J connectivity index is 2.44. The molecule has 15 heavy (non-hydrogen) atoms. The Kier molecular flexibility index (Phi) is 2.64. The number of aldehydes is 1. The van der Waals surface area contributed by atoms with Crippen molar-refractivity contribution in [1.82, 2.24) is 9.97 Å². The third kappa shape index (κ3) is 1.97. The number of nitrogens with one attached hydrogen (secondary N) is 1. The summed E-state index contributed by atoms with van der Waals surface area (Å²) in [6, 6.07) is 4.53. The number of nitrogens with zero attached hydrogens (tertiary/aromatic N) is 1. The molecular weight excluding hydrogens is 263 g/mol. The molecule has 0 saturated carbocycles. The number of hydrogen-bond donors (Lipinski definition) is 1. The monoisotopic (exact) mass is 268 g/mol. The van der Waals surface area contributed by atoms with Crippen LogP contribution in [0.4, 0.5) is 4.39 Å². The molecule has 2 rings (SSSR count). The lowest BCUT2D eigenvalue weighted by Crippen LogP contribution is -1.84. The second kappa shape index (κ2) is 3.94. The first-order valence-corrected chi connectivity index (χ1v) is 4.95. The van der Waals surface area contributed by atoms with Gasteiger partial charge in [0.05, 0.1) is 16.4 Å². The van der Waals surface area contributed by atoms with Crippen molar-refractivity contribution in [1.29, 1.82) is 0 Å². The number of carbonyl (C=O) groups excluding carboxylic acids is 1. The first-order valence-electron chi connectivity index (χ1n) is 4.16. The number of H-pyrrole nitrogens is 1. The summed E-state index contributed by atoms with van der Waals surface area (Å²) in [5, 5.41) is 0. The molecule has 0 aliphatic carbocycles. The fourth-order valence-electron chi connectivity index (χ4n) is 1.19. The fourth-order valence-corrected chi connectivity index (χ4v) is 1.56. The summed E-state index contributed by atoms with van der Waals surface area (Å²) >= 11 is 3.08. The number of rotatable bonds is 2. The largest absolute Gasteiger partial charge is 0.336 e. The first kappa shape index (κ1) is 10.0. The molecule has 0 unspecified atom stereocenters. The van der Waals surface area contributed by atoms with Crippen molar-refractivity contribution < 1.29 is 9.18 Å². The molecule has 2 aromatic rings. The zero-order chi connectivity index (χ0) is 10.8. The average molecular weight is 269 g/mol. The average Bonchev–Trinajstić information content (AvgIpc) is 2.70. The van der Waals surface area contributed by atoms with Crippen LogP contribution in [-0.2, 0) is 0 Å². The van der Waals surface area contributed by atoms with Gasteiger partial charge in [0.25, 0.3) is 0 Å². The number of carbonyl (C=O) groups is 1. The van der Waals surface area contributed by atoms with Crippen LogP contribution in [0.25, 0.3) is 11.4 Å². The highest BCUT2D eigenvalue weighted by molar-refractivity contribution is 9.10. The van der Waals surface area contributed by atoms with E-state index in [-0.39, 0.29) is 5.82 Å². The van der Waals surface area contributed by atoms with Gasteiger partial charge in [0, 0.05) is 5.56 Å². The van der Waals surface area contributed by atoms with Crippen molar-refractivity contribution in [3.63, 3.8) is 0 Å². The molecule has 0 radical (unpaired) electrons. The normalized spacial score (nSPS) is 10.3. The molecule has 0 bridgehead atoms. The Morgan fingerprint density at radius 1 is 1.47 bits per heavy atom. The van der Waals surface area contributed by atoms with Crippen LogP contribution in [0.15, 0.2) is 28.9 Å². The third-order valence-electron chi connectivity index (χ3n) is 1.92. The van der Waals surface area contributed by atoms with Gasteiger partial charge in [-0.2, -0.15) is 0 Å². The maximum atomic E-state index is 13.0. The Bertz CT molecular complexity index is 510. The maximum absolute atomic E-state index is 13.0. The van der Waals surface area contributed by atoms with Crippen LogP contribution in [0.1, 0.15) is 10.5 Å². The predicted octanol–water partition coefficient (Wildman–Crippen LogP) is 2.79. The van der Waals surface area contributed by atoms with Crippen LogP contribution in [0.5, 0.6) is 0 Å². The minimum atomic E-state index is -0.332. The molecular formula is C10H6BrFN2O. The van der Waals surface area contributed by atoms with Crippen molar-refractivity contribution in [2.75, 3.05) is 0 Å². The molecule has 76 valence electrons. The van der Waals surface area contributed by atoms with E-state index < -0.39 is 0 Å². The summed E-state index contributed by atoms with van der Waals surface area (Å²) in [4.78, 5) is 17.2. The van der Waals surface area contributed by atoms with Crippen LogP contribution >= 0.6 is 15.9 Å². The van der Waals surface area contributed by atoms with Gasteiger partial charge in [0.15, 0.2) is 6.29 Å². The second-order valence-electron chi connectivity index (χ2n) is 2.93. The van der Waals surface area contributed by atoms with E-state index >= 15 is 0 Å². The highest BCUT2D eigenvalue weighted by Crippen LogP contribution is 2.22. The van der Waals surface area contributed by atoms with E-state index in [1.54, 1.807) is 12.1 Å². The van der Waals surface area contributed by atoms with Crippen molar-refractivity contribution in [2.24, 2.45) is 0 Å². The van der Waals surface area contributed by atoms with Crippen LogP contribution in [0.3, 0.4) is 0 Å². The highest BCUT2D eigenvalue weighted by atomic mass is 79.9. The van der Waals surface area contributed by atoms with Gasteiger partial charge in [0.2, 0.25) is 0 Å². The minimum absolute atomic E-state index is 0.332. The summed E-state index contributed by atoms with van der Waals surface area (Å²) in [5.41, 5.74) is 1.11. The van der Waals surface area contributed by atoms with E-state index in [0.29, 0.717) is 22.3 Å². The highest BCUT2D eigenvalue weighted by Gasteiger charge is 2.05. The molecule has 1 heterocycles. The van der Waals surface area contributed by atoms with Crippen molar-refractivity contribution >= 4 is 22.2 Å². The van der Waals surface area contributed by atoms with Crippen LogP contribution in [0.2, 0.25) is 0 Å². The van der Waals surface area contributed by atoms with Gasteiger partial charge in [-0.15, -0.1) is 0 Å². The number of aromatic nitrogens is 2. The number of benzene rings is 1. The molecule has 1 aromatic heterocycles. The zero-order valence-electron chi connectivity index (χ0n) is 7.50. The van der Waals surface area contributed by atoms with E-state index in [1.807, 2.05) is 0 Å². The van der Waals surface area contributed by atoms with E-state index in [0.717, 1.165) is 5.56 Å². The van der Waals surface area contributed by atoms with E-state index in [4.69, 9.17) is 0 Å². The minimum Gasteiger partial charge on any atom is -0.336 e.